The van der Waals surface area contributed by atoms with Crippen LogP contribution in [0.25, 0.3) is 0 Å². The van der Waals surface area contributed by atoms with E-state index in [0.717, 1.165) is 0 Å². The van der Waals surface area contributed by atoms with Crippen molar-refractivity contribution in [1.82, 2.24) is 4.90 Å². The van der Waals surface area contributed by atoms with Crippen LogP contribution >= 0.6 is 0 Å². The Labute approximate surface area is 115 Å². The lowest BCUT2D eigenvalue weighted by Gasteiger charge is -2.40. The Bertz CT molecular complexity index is 312. The molecule has 1 aliphatic heterocycles. The first-order valence-corrected chi connectivity index (χ1v) is 6.57. The summed E-state index contributed by atoms with van der Waals surface area (Å²) < 4.78 is 11.1. The second kappa shape index (κ2) is 6.07. The van der Waals surface area contributed by atoms with E-state index in [9.17, 15) is 4.79 Å². The molecule has 2 N–H and O–H groups in total. The van der Waals surface area contributed by atoms with E-state index in [1.54, 1.807) is 4.90 Å². The number of morpholine rings is 1. The third-order valence-electron chi connectivity index (χ3n) is 3.05. The van der Waals surface area contributed by atoms with Crippen molar-refractivity contribution in [2.75, 3.05) is 26.3 Å². The second-order valence-corrected chi connectivity index (χ2v) is 6.59. The zero-order valence-electron chi connectivity index (χ0n) is 12.6. The topological polar surface area (TPSA) is 74.0 Å². The van der Waals surface area contributed by atoms with Crippen LogP contribution in [0.5, 0.6) is 0 Å². The van der Waals surface area contributed by atoms with Crippen molar-refractivity contribution < 1.29 is 19.1 Å². The molecular weight excluding hydrogens is 248 g/mol. The molecule has 0 saturated carbocycles. The number of rotatable bonds is 3. The van der Waals surface area contributed by atoms with Crippen LogP contribution in [0.2, 0.25) is 0 Å². The Morgan fingerprint density at radius 1 is 1.37 bits per heavy atom. The molecule has 1 rings (SSSR count). The van der Waals surface area contributed by atoms with Gasteiger partial charge in [0.25, 0.3) is 0 Å². The van der Waals surface area contributed by atoms with Gasteiger partial charge in [-0.1, -0.05) is 13.8 Å². The molecule has 1 saturated heterocycles. The van der Waals surface area contributed by atoms with E-state index < -0.39 is 5.60 Å². The molecule has 1 heterocycles. The summed E-state index contributed by atoms with van der Waals surface area (Å²) in [6.45, 7) is 11.5. The molecule has 0 radical (unpaired) electrons. The third-order valence-corrected chi connectivity index (χ3v) is 3.05. The predicted octanol–water partition coefficient (Wildman–Crippen LogP) is 1.54. The Morgan fingerprint density at radius 3 is 2.53 bits per heavy atom. The van der Waals surface area contributed by atoms with Gasteiger partial charge in [-0.05, 0) is 20.8 Å². The first-order chi connectivity index (χ1) is 8.65. The number of amides is 1. The monoisotopic (exact) mass is 274 g/mol. The molecule has 1 atom stereocenters. The molecule has 0 bridgehead atoms. The first kappa shape index (κ1) is 16.2. The molecule has 0 spiro atoms. The lowest BCUT2D eigenvalue weighted by atomic mass is 9.86. The van der Waals surface area contributed by atoms with Gasteiger partial charge in [0.1, 0.15) is 5.60 Å². The van der Waals surface area contributed by atoms with Gasteiger partial charge in [0.05, 0.1) is 25.9 Å². The molecule has 1 amide bonds. The molecule has 0 aliphatic carbocycles. The highest BCUT2D eigenvalue weighted by atomic mass is 16.6. The van der Waals surface area contributed by atoms with Gasteiger partial charge in [-0.2, -0.15) is 0 Å². The Morgan fingerprint density at radius 2 is 2.00 bits per heavy atom. The summed E-state index contributed by atoms with van der Waals surface area (Å²) in [5.41, 5.74) is -0.740. The summed E-state index contributed by atoms with van der Waals surface area (Å²) in [6.07, 6.45) is -0.414. The van der Waals surface area contributed by atoms with Gasteiger partial charge in [0.2, 0.25) is 0 Å². The minimum atomic E-state index is -0.485. The van der Waals surface area contributed by atoms with Crippen molar-refractivity contribution in [1.29, 1.82) is 0 Å². The van der Waals surface area contributed by atoms with E-state index in [-0.39, 0.29) is 17.6 Å². The molecule has 112 valence electrons. The van der Waals surface area contributed by atoms with Crippen molar-refractivity contribution in [3.05, 3.63) is 0 Å². The molecule has 0 aromatic carbocycles. The molecule has 1 aliphatic rings. The maximum Gasteiger partial charge on any atom is 0.410 e. The summed E-state index contributed by atoms with van der Waals surface area (Å²) in [5, 5.41) is 0. The number of carbonyl (C=O) groups is 1. The fraction of sp³-hybridized carbons (Fsp3) is 0.923. The minimum absolute atomic E-state index is 0.114. The van der Waals surface area contributed by atoms with Crippen LogP contribution in [0, 0.1) is 5.41 Å². The summed E-state index contributed by atoms with van der Waals surface area (Å²) in [7, 11) is 0. The van der Waals surface area contributed by atoms with Crippen molar-refractivity contribution in [3.63, 3.8) is 0 Å². The minimum Gasteiger partial charge on any atom is -0.444 e. The quantitative estimate of drug-likeness (QED) is 0.790. The molecular formula is C13H26N2O4. The molecule has 19 heavy (non-hydrogen) atoms. The fourth-order valence-corrected chi connectivity index (χ4v) is 1.92. The molecule has 0 aromatic rings. The molecule has 1 fully saturated rings. The van der Waals surface area contributed by atoms with Crippen LogP contribution in [0.4, 0.5) is 4.79 Å². The SMILES string of the molecule is CC(C)(C)OC(=O)N1CCOC(C(C)(C)CON)C1. The largest absolute Gasteiger partial charge is 0.444 e. The van der Waals surface area contributed by atoms with Crippen LogP contribution in [0.3, 0.4) is 0 Å². The lowest BCUT2D eigenvalue weighted by Crippen LogP contribution is -2.53. The summed E-state index contributed by atoms with van der Waals surface area (Å²) in [4.78, 5) is 18.4. The van der Waals surface area contributed by atoms with Crippen molar-refractivity contribution in [3.8, 4) is 0 Å². The van der Waals surface area contributed by atoms with Crippen LogP contribution in [0.15, 0.2) is 0 Å². The lowest BCUT2D eigenvalue weighted by molar-refractivity contribution is -0.108. The van der Waals surface area contributed by atoms with E-state index >= 15 is 0 Å². The van der Waals surface area contributed by atoms with Gasteiger partial charge >= 0.3 is 6.09 Å². The van der Waals surface area contributed by atoms with Gasteiger partial charge < -0.3 is 19.2 Å². The van der Waals surface area contributed by atoms with Gasteiger partial charge in [0, 0.05) is 12.0 Å². The second-order valence-electron chi connectivity index (χ2n) is 6.59. The molecule has 0 aromatic heterocycles. The van der Waals surface area contributed by atoms with E-state index in [2.05, 4.69) is 0 Å². The molecule has 6 heteroatoms. The number of nitrogens with two attached hydrogens (primary N) is 1. The molecule has 1 unspecified atom stereocenters. The highest BCUT2D eigenvalue weighted by Gasteiger charge is 2.37. The Hall–Kier alpha value is -0.850. The normalized spacial score (nSPS) is 21.4. The summed E-state index contributed by atoms with van der Waals surface area (Å²) in [6, 6.07) is 0. The average molecular weight is 274 g/mol. The van der Waals surface area contributed by atoms with Crippen LogP contribution < -0.4 is 5.90 Å². The predicted molar refractivity (Wildman–Crippen MR) is 71.5 cm³/mol. The average Bonchev–Trinajstić information content (AvgIpc) is 2.27. The van der Waals surface area contributed by atoms with Crippen LogP contribution in [-0.4, -0.2) is 49.0 Å². The van der Waals surface area contributed by atoms with Gasteiger partial charge in [-0.15, -0.1) is 0 Å². The highest BCUT2D eigenvalue weighted by Crippen LogP contribution is 2.27. The van der Waals surface area contributed by atoms with Gasteiger partial charge in [-0.25, -0.2) is 10.7 Å². The summed E-state index contributed by atoms with van der Waals surface area (Å²) in [5.74, 6) is 5.14. The molecule has 6 nitrogen and oxygen atoms in total. The maximum absolute atomic E-state index is 12.0. The zero-order valence-corrected chi connectivity index (χ0v) is 12.6. The van der Waals surface area contributed by atoms with Crippen LogP contribution in [0.1, 0.15) is 34.6 Å². The van der Waals surface area contributed by atoms with Gasteiger partial charge in [-0.3, -0.25) is 0 Å². The Balaban J connectivity index is 2.62. The van der Waals surface area contributed by atoms with Gasteiger partial charge in [0.15, 0.2) is 0 Å². The Kier molecular flexibility index (Phi) is 5.18. The highest BCUT2D eigenvalue weighted by molar-refractivity contribution is 5.68. The first-order valence-electron chi connectivity index (χ1n) is 6.57. The number of ether oxygens (including phenoxy) is 2. The number of carbonyl (C=O) groups excluding carboxylic acids is 1. The van der Waals surface area contributed by atoms with Crippen molar-refractivity contribution >= 4 is 6.09 Å². The van der Waals surface area contributed by atoms with Crippen LogP contribution in [-0.2, 0) is 14.3 Å². The number of nitrogens with zero attached hydrogens (tertiary/aromatic N) is 1. The van der Waals surface area contributed by atoms with Crippen molar-refractivity contribution in [2.24, 2.45) is 11.3 Å². The zero-order chi connectivity index (χ0) is 14.7. The van der Waals surface area contributed by atoms with Crippen molar-refractivity contribution in [2.45, 2.75) is 46.3 Å². The summed E-state index contributed by atoms with van der Waals surface area (Å²) >= 11 is 0. The standard InChI is InChI=1S/C13H26N2O4/c1-12(2,3)19-11(16)15-6-7-17-10(8-15)13(4,5)9-18-14/h10H,6-9,14H2,1-5H3. The smallest absolute Gasteiger partial charge is 0.410 e. The van der Waals surface area contributed by atoms with E-state index in [4.69, 9.17) is 20.2 Å². The van der Waals surface area contributed by atoms with E-state index in [1.165, 1.54) is 0 Å². The van der Waals surface area contributed by atoms with E-state index in [0.29, 0.717) is 26.3 Å². The third kappa shape index (κ3) is 4.97. The number of hydrogen-bond donors (Lipinski definition) is 1. The number of hydrogen-bond acceptors (Lipinski definition) is 5. The van der Waals surface area contributed by atoms with E-state index in [1.807, 2.05) is 34.6 Å². The fourth-order valence-electron chi connectivity index (χ4n) is 1.92. The maximum atomic E-state index is 12.0.